The first-order valence-electron chi connectivity index (χ1n) is 10.1. The van der Waals surface area contributed by atoms with E-state index in [1.807, 2.05) is 38.1 Å². The summed E-state index contributed by atoms with van der Waals surface area (Å²) in [6, 6.07) is 13.5. The Kier molecular flexibility index (Phi) is 6.10. The number of carbonyl (C=O) groups excluding carboxylic acids is 1. The molecule has 0 aliphatic carbocycles. The number of aryl methyl sites for hydroxylation is 2. The van der Waals surface area contributed by atoms with Crippen molar-refractivity contribution < 1.29 is 9.18 Å². The van der Waals surface area contributed by atoms with Gasteiger partial charge in [0.2, 0.25) is 5.91 Å². The third-order valence-electron chi connectivity index (χ3n) is 5.53. The standard InChI is InChI=1S/C24H22ClFN4O2/c1-15-21-12-28-30(14-22(31)27-11-17-6-8-20(26)9-7-17)24(32)23(21)16(2)29(15)13-18-4-3-5-19(25)10-18/h3-10,12H,11,13-14H2,1-2H3,(H,27,31). The van der Waals surface area contributed by atoms with Crippen molar-refractivity contribution in [2.75, 3.05) is 0 Å². The summed E-state index contributed by atoms with van der Waals surface area (Å²) in [6.07, 6.45) is 1.63. The molecule has 4 aromatic rings. The molecule has 0 spiro atoms. The lowest BCUT2D eigenvalue weighted by atomic mass is 10.2. The van der Waals surface area contributed by atoms with E-state index < -0.39 is 0 Å². The van der Waals surface area contributed by atoms with E-state index in [1.54, 1.807) is 18.3 Å². The topological polar surface area (TPSA) is 68.9 Å². The second-order valence-corrected chi connectivity index (χ2v) is 8.12. The van der Waals surface area contributed by atoms with Crippen molar-refractivity contribution >= 4 is 28.3 Å². The molecule has 8 heteroatoms. The Hall–Kier alpha value is -3.45. The molecule has 6 nitrogen and oxygen atoms in total. The maximum absolute atomic E-state index is 13.1. The van der Waals surface area contributed by atoms with Crippen LogP contribution in [0, 0.1) is 19.7 Å². The van der Waals surface area contributed by atoms with Gasteiger partial charge in [-0.1, -0.05) is 35.9 Å². The highest BCUT2D eigenvalue weighted by Gasteiger charge is 2.17. The van der Waals surface area contributed by atoms with Crippen LogP contribution in [-0.4, -0.2) is 20.3 Å². The monoisotopic (exact) mass is 452 g/mol. The van der Waals surface area contributed by atoms with Gasteiger partial charge in [0.1, 0.15) is 12.4 Å². The lowest BCUT2D eigenvalue weighted by Crippen LogP contribution is -2.33. The predicted molar refractivity (Wildman–Crippen MR) is 122 cm³/mol. The molecular weight excluding hydrogens is 431 g/mol. The highest BCUT2D eigenvalue weighted by atomic mass is 35.5. The first kappa shape index (κ1) is 21.8. The SMILES string of the molecule is Cc1c2cnn(CC(=O)NCc3ccc(F)cc3)c(=O)c2c(C)n1Cc1cccc(Cl)c1. The number of nitrogens with one attached hydrogen (secondary N) is 1. The molecule has 2 aromatic carbocycles. The van der Waals surface area contributed by atoms with Crippen LogP contribution in [0.5, 0.6) is 0 Å². The zero-order chi connectivity index (χ0) is 22.8. The van der Waals surface area contributed by atoms with Crippen LogP contribution in [0.4, 0.5) is 4.39 Å². The van der Waals surface area contributed by atoms with E-state index in [-0.39, 0.29) is 30.4 Å². The van der Waals surface area contributed by atoms with Gasteiger partial charge in [0.15, 0.2) is 0 Å². The smallest absolute Gasteiger partial charge is 0.276 e. The summed E-state index contributed by atoms with van der Waals surface area (Å²) >= 11 is 6.11. The van der Waals surface area contributed by atoms with Gasteiger partial charge >= 0.3 is 0 Å². The van der Waals surface area contributed by atoms with Crippen molar-refractivity contribution in [3.63, 3.8) is 0 Å². The molecule has 2 aromatic heterocycles. The Morgan fingerprint density at radius 3 is 2.56 bits per heavy atom. The maximum atomic E-state index is 13.1. The van der Waals surface area contributed by atoms with E-state index in [9.17, 15) is 14.0 Å². The quantitative estimate of drug-likeness (QED) is 0.481. The van der Waals surface area contributed by atoms with Crippen molar-refractivity contribution in [1.29, 1.82) is 0 Å². The number of fused-ring (bicyclic) bond motifs is 1. The Labute approximate surface area is 189 Å². The molecule has 0 bridgehead atoms. The lowest BCUT2D eigenvalue weighted by molar-refractivity contribution is -0.122. The Morgan fingerprint density at radius 1 is 1.09 bits per heavy atom. The minimum Gasteiger partial charge on any atom is -0.350 e. The second-order valence-electron chi connectivity index (χ2n) is 7.69. The molecule has 0 saturated heterocycles. The molecule has 0 fully saturated rings. The fourth-order valence-corrected chi connectivity index (χ4v) is 4.02. The van der Waals surface area contributed by atoms with Gasteiger partial charge in [-0.15, -0.1) is 0 Å². The fraction of sp³-hybridized carbons (Fsp3) is 0.208. The molecule has 2 heterocycles. The Morgan fingerprint density at radius 2 is 1.84 bits per heavy atom. The number of hydrogen-bond donors (Lipinski definition) is 1. The molecule has 4 rings (SSSR count). The molecule has 0 aliphatic rings. The zero-order valence-electron chi connectivity index (χ0n) is 17.7. The summed E-state index contributed by atoms with van der Waals surface area (Å²) in [5.74, 6) is -0.687. The third kappa shape index (κ3) is 4.43. The second kappa shape index (κ2) is 8.96. The number of amides is 1. The summed E-state index contributed by atoms with van der Waals surface area (Å²) in [4.78, 5) is 25.5. The third-order valence-corrected chi connectivity index (χ3v) is 5.77. The van der Waals surface area contributed by atoms with Crippen molar-refractivity contribution in [2.24, 2.45) is 0 Å². The Balaban J connectivity index is 1.56. The molecular formula is C24H22ClFN4O2. The van der Waals surface area contributed by atoms with Crippen molar-refractivity contribution in [2.45, 2.75) is 33.5 Å². The number of halogens is 2. The van der Waals surface area contributed by atoms with E-state index in [0.717, 1.165) is 27.9 Å². The zero-order valence-corrected chi connectivity index (χ0v) is 18.5. The first-order chi connectivity index (χ1) is 15.3. The number of aromatic nitrogens is 3. The molecule has 0 radical (unpaired) electrons. The summed E-state index contributed by atoms with van der Waals surface area (Å²) in [7, 11) is 0. The molecule has 164 valence electrons. The largest absolute Gasteiger partial charge is 0.350 e. The molecule has 0 saturated carbocycles. The fourth-order valence-electron chi connectivity index (χ4n) is 3.81. The predicted octanol–water partition coefficient (Wildman–Crippen LogP) is 3.97. The van der Waals surface area contributed by atoms with Crippen LogP contribution in [0.1, 0.15) is 22.5 Å². The van der Waals surface area contributed by atoms with Crippen molar-refractivity contribution in [3.05, 3.63) is 98.4 Å². The van der Waals surface area contributed by atoms with Crippen LogP contribution in [0.25, 0.3) is 10.8 Å². The summed E-state index contributed by atoms with van der Waals surface area (Å²) < 4.78 is 16.2. The van der Waals surface area contributed by atoms with Gasteiger partial charge in [-0.3, -0.25) is 9.59 Å². The normalized spacial score (nSPS) is 11.1. The minimum atomic E-state index is -0.351. The minimum absolute atomic E-state index is 0.200. The average molecular weight is 453 g/mol. The van der Waals surface area contributed by atoms with Gasteiger partial charge < -0.3 is 9.88 Å². The average Bonchev–Trinajstić information content (AvgIpc) is 3.00. The number of benzene rings is 2. The first-order valence-corrected chi connectivity index (χ1v) is 10.5. The van der Waals surface area contributed by atoms with Gasteiger partial charge in [-0.25, -0.2) is 9.07 Å². The van der Waals surface area contributed by atoms with Crippen LogP contribution in [-0.2, 0) is 24.4 Å². The summed E-state index contributed by atoms with van der Waals surface area (Å²) in [5.41, 5.74) is 3.21. The molecule has 0 atom stereocenters. The van der Waals surface area contributed by atoms with Gasteiger partial charge in [-0.2, -0.15) is 5.10 Å². The molecule has 0 aliphatic heterocycles. The molecule has 32 heavy (non-hydrogen) atoms. The number of rotatable bonds is 6. The van der Waals surface area contributed by atoms with E-state index in [1.165, 1.54) is 16.8 Å². The molecule has 1 N–H and O–H groups in total. The van der Waals surface area contributed by atoms with Gasteiger partial charge in [-0.05, 0) is 49.2 Å². The van der Waals surface area contributed by atoms with E-state index >= 15 is 0 Å². The van der Waals surface area contributed by atoms with Crippen LogP contribution >= 0.6 is 11.6 Å². The highest BCUT2D eigenvalue weighted by Crippen LogP contribution is 2.23. The van der Waals surface area contributed by atoms with E-state index in [4.69, 9.17) is 11.6 Å². The maximum Gasteiger partial charge on any atom is 0.276 e. The van der Waals surface area contributed by atoms with Crippen molar-refractivity contribution in [3.8, 4) is 0 Å². The van der Waals surface area contributed by atoms with Crippen LogP contribution in [0.2, 0.25) is 5.02 Å². The van der Waals surface area contributed by atoms with E-state index in [2.05, 4.69) is 15.0 Å². The van der Waals surface area contributed by atoms with E-state index in [0.29, 0.717) is 17.0 Å². The number of hydrogen-bond acceptors (Lipinski definition) is 3. The van der Waals surface area contributed by atoms with Gasteiger partial charge in [0.05, 0.1) is 11.6 Å². The van der Waals surface area contributed by atoms with Gasteiger partial charge in [0.25, 0.3) is 5.56 Å². The van der Waals surface area contributed by atoms with Gasteiger partial charge in [0, 0.05) is 34.9 Å². The highest BCUT2D eigenvalue weighted by molar-refractivity contribution is 6.30. The number of nitrogens with zero attached hydrogens (tertiary/aromatic N) is 3. The lowest BCUT2D eigenvalue weighted by Gasteiger charge is -2.09. The van der Waals surface area contributed by atoms with Crippen LogP contribution in [0.3, 0.4) is 0 Å². The summed E-state index contributed by atoms with van der Waals surface area (Å²) in [6.45, 7) is 4.45. The van der Waals surface area contributed by atoms with Crippen LogP contribution < -0.4 is 10.9 Å². The summed E-state index contributed by atoms with van der Waals surface area (Å²) in [5, 5.41) is 8.91. The number of carbonyl (C=O) groups is 1. The Bertz CT molecular complexity index is 1360. The molecule has 1 amide bonds. The van der Waals surface area contributed by atoms with Crippen molar-refractivity contribution in [1.82, 2.24) is 19.7 Å². The molecule has 0 unspecified atom stereocenters. The van der Waals surface area contributed by atoms with Crippen LogP contribution in [0.15, 0.2) is 59.5 Å².